The van der Waals surface area contributed by atoms with Crippen LogP contribution in [0.3, 0.4) is 0 Å². The molecule has 0 aromatic heterocycles. The smallest absolute Gasteiger partial charge is 0.299 e. The Labute approximate surface area is 126 Å². The summed E-state index contributed by atoms with van der Waals surface area (Å²) >= 11 is 0. The van der Waals surface area contributed by atoms with Gasteiger partial charge in [-0.25, -0.2) is 0 Å². The van der Waals surface area contributed by atoms with Gasteiger partial charge in [-0.15, -0.1) is 0 Å². The highest BCUT2D eigenvalue weighted by Gasteiger charge is 3.00. The first-order chi connectivity index (χ1) is 10.6. The standard InChI is InChI=1S/C7F15O2P/c8-3(9,10)1(4(11,12)13)2(5(14,15)16,6(17,18)19)24-25(23-1)7(20,21)22. The van der Waals surface area contributed by atoms with Crippen LogP contribution in [0, 0.1) is 0 Å². The Morgan fingerprint density at radius 2 is 0.640 bits per heavy atom. The van der Waals surface area contributed by atoms with E-state index < -0.39 is 50.2 Å². The molecule has 0 amide bonds. The topological polar surface area (TPSA) is 18.5 Å². The zero-order valence-electron chi connectivity index (χ0n) is 10.4. The third-order valence-electron chi connectivity index (χ3n) is 2.74. The van der Waals surface area contributed by atoms with Crippen LogP contribution < -0.4 is 0 Å². The Kier molecular flexibility index (Phi) is 4.83. The molecular formula is C7F15O2P. The minimum atomic E-state index is -7.64. The van der Waals surface area contributed by atoms with Gasteiger partial charge in [0.05, 0.1) is 0 Å². The molecule has 0 spiro atoms. The Morgan fingerprint density at radius 1 is 0.440 bits per heavy atom. The Hall–Kier alpha value is -0.700. The summed E-state index contributed by atoms with van der Waals surface area (Å²) in [5, 5.41) is 0. The van der Waals surface area contributed by atoms with Crippen LogP contribution >= 0.6 is 8.38 Å². The summed E-state index contributed by atoms with van der Waals surface area (Å²) in [6.07, 6.45) is -30.6. The van der Waals surface area contributed by atoms with Gasteiger partial charge in [-0.05, 0) is 0 Å². The molecule has 1 aliphatic rings. The van der Waals surface area contributed by atoms with Crippen molar-refractivity contribution in [3.8, 4) is 0 Å². The van der Waals surface area contributed by atoms with Crippen LogP contribution in [-0.4, -0.2) is 41.8 Å². The molecule has 0 aliphatic carbocycles. The van der Waals surface area contributed by atoms with Gasteiger partial charge in [0.2, 0.25) is 0 Å². The van der Waals surface area contributed by atoms with Crippen molar-refractivity contribution in [1.82, 2.24) is 0 Å². The Bertz CT molecular complexity index is 438. The third-order valence-corrected chi connectivity index (χ3v) is 4.03. The molecule has 0 aromatic rings. The molecule has 0 N–H and O–H groups in total. The SMILES string of the molecule is FC(F)(F)P1OC(C(F)(F)F)(C(F)(F)F)C(C(F)(F)F)(C(F)(F)F)O1. The molecule has 1 heterocycles. The first-order valence-corrected chi connectivity index (χ1v) is 6.26. The van der Waals surface area contributed by atoms with Crippen LogP contribution in [0.15, 0.2) is 0 Å². The van der Waals surface area contributed by atoms with E-state index in [0.717, 1.165) is 0 Å². The highest BCUT2D eigenvalue weighted by atomic mass is 31.2. The number of hydrogen-bond acceptors (Lipinski definition) is 2. The largest absolute Gasteiger partial charge is 0.458 e. The summed E-state index contributed by atoms with van der Waals surface area (Å²) < 4.78 is 195. The van der Waals surface area contributed by atoms with Crippen LogP contribution in [0.2, 0.25) is 0 Å². The molecule has 1 aliphatic heterocycles. The van der Waals surface area contributed by atoms with Crippen LogP contribution in [-0.2, 0) is 9.05 Å². The predicted octanol–water partition coefficient (Wildman–Crippen LogP) is 5.59. The average molecular weight is 432 g/mol. The van der Waals surface area contributed by atoms with E-state index in [0.29, 0.717) is 0 Å². The lowest BCUT2D eigenvalue weighted by Gasteiger charge is -2.44. The number of hydrogen-bond donors (Lipinski definition) is 0. The maximum atomic E-state index is 12.7. The van der Waals surface area contributed by atoms with Crippen LogP contribution in [0.4, 0.5) is 65.9 Å². The lowest BCUT2D eigenvalue weighted by Crippen LogP contribution is -2.79. The molecule has 0 bridgehead atoms. The lowest BCUT2D eigenvalue weighted by atomic mass is 9.79. The molecule has 150 valence electrons. The first-order valence-electron chi connectivity index (χ1n) is 5.08. The first kappa shape index (κ1) is 22.3. The predicted molar refractivity (Wildman–Crippen MR) is 44.8 cm³/mol. The molecular weight excluding hydrogens is 432 g/mol. The quantitative estimate of drug-likeness (QED) is 0.367. The highest BCUT2D eigenvalue weighted by Crippen LogP contribution is 2.77. The van der Waals surface area contributed by atoms with Crippen molar-refractivity contribution in [3.05, 3.63) is 0 Å². The molecule has 2 nitrogen and oxygen atoms in total. The molecule has 1 saturated heterocycles. The van der Waals surface area contributed by atoms with Crippen molar-refractivity contribution in [2.45, 2.75) is 41.8 Å². The van der Waals surface area contributed by atoms with Crippen molar-refractivity contribution < 1.29 is 74.9 Å². The minimum Gasteiger partial charge on any atom is -0.299 e. The molecule has 0 saturated carbocycles. The molecule has 0 unspecified atom stereocenters. The van der Waals surface area contributed by atoms with Gasteiger partial charge >= 0.3 is 41.8 Å². The summed E-state index contributed by atoms with van der Waals surface area (Å²) in [4.78, 5) is 0. The maximum absolute atomic E-state index is 12.7. The van der Waals surface area contributed by atoms with Gasteiger partial charge in [0, 0.05) is 0 Å². The lowest BCUT2D eigenvalue weighted by molar-refractivity contribution is -0.464. The van der Waals surface area contributed by atoms with Crippen LogP contribution in [0.5, 0.6) is 0 Å². The van der Waals surface area contributed by atoms with Crippen molar-refractivity contribution in [1.29, 1.82) is 0 Å². The monoisotopic (exact) mass is 432 g/mol. The van der Waals surface area contributed by atoms with E-state index >= 15 is 0 Å². The molecule has 0 aromatic carbocycles. The second kappa shape index (κ2) is 5.41. The van der Waals surface area contributed by atoms with Crippen molar-refractivity contribution in [2.24, 2.45) is 0 Å². The normalized spacial score (nSPS) is 23.2. The van der Waals surface area contributed by atoms with Gasteiger partial charge < -0.3 is 0 Å². The van der Waals surface area contributed by atoms with Crippen LogP contribution in [0.25, 0.3) is 0 Å². The summed E-state index contributed by atoms with van der Waals surface area (Å²) in [5.41, 5.74) is -14.8. The number of alkyl halides is 15. The van der Waals surface area contributed by atoms with Crippen molar-refractivity contribution in [3.63, 3.8) is 0 Å². The van der Waals surface area contributed by atoms with E-state index in [9.17, 15) is 65.9 Å². The van der Waals surface area contributed by atoms with Gasteiger partial charge in [0.15, 0.2) is 0 Å². The van der Waals surface area contributed by atoms with E-state index in [-0.39, 0.29) is 0 Å². The second-order valence-electron chi connectivity index (χ2n) is 4.26. The summed E-state index contributed by atoms with van der Waals surface area (Å²) in [7, 11) is -5.90. The summed E-state index contributed by atoms with van der Waals surface area (Å²) in [5.74, 6) is -6.52. The van der Waals surface area contributed by atoms with Crippen molar-refractivity contribution >= 4 is 8.38 Å². The Morgan fingerprint density at radius 3 is 0.760 bits per heavy atom. The van der Waals surface area contributed by atoms with Gasteiger partial charge in [-0.3, -0.25) is 9.05 Å². The molecule has 1 fully saturated rings. The van der Waals surface area contributed by atoms with E-state index in [4.69, 9.17) is 0 Å². The minimum absolute atomic E-state index is 2.34. The van der Waals surface area contributed by atoms with Gasteiger partial charge in [-0.2, -0.15) is 65.9 Å². The second-order valence-corrected chi connectivity index (χ2v) is 5.65. The van der Waals surface area contributed by atoms with Gasteiger partial charge in [0.1, 0.15) is 0 Å². The maximum Gasteiger partial charge on any atom is 0.458 e. The molecule has 25 heavy (non-hydrogen) atoms. The summed E-state index contributed by atoms with van der Waals surface area (Å²) in [6.45, 7) is 0. The zero-order valence-corrected chi connectivity index (χ0v) is 11.3. The highest BCUT2D eigenvalue weighted by molar-refractivity contribution is 7.48. The molecule has 0 atom stereocenters. The average Bonchev–Trinajstić information content (AvgIpc) is 2.62. The molecule has 0 radical (unpaired) electrons. The third kappa shape index (κ3) is 2.91. The van der Waals surface area contributed by atoms with Crippen molar-refractivity contribution in [2.75, 3.05) is 0 Å². The van der Waals surface area contributed by atoms with E-state index in [2.05, 4.69) is 9.05 Å². The van der Waals surface area contributed by atoms with Gasteiger partial charge in [-0.1, -0.05) is 0 Å². The summed E-state index contributed by atoms with van der Waals surface area (Å²) in [6, 6.07) is 0. The van der Waals surface area contributed by atoms with Gasteiger partial charge in [0.25, 0.3) is 8.38 Å². The fourth-order valence-electron chi connectivity index (χ4n) is 1.83. The fourth-order valence-corrected chi connectivity index (χ4v) is 3.24. The van der Waals surface area contributed by atoms with Crippen LogP contribution in [0.1, 0.15) is 0 Å². The number of rotatable bonds is 0. The van der Waals surface area contributed by atoms with E-state index in [1.54, 1.807) is 0 Å². The fraction of sp³-hybridized carbons (Fsp3) is 1.00. The van der Waals surface area contributed by atoms with E-state index in [1.165, 1.54) is 0 Å². The Balaban J connectivity index is 4.04. The molecule has 18 heteroatoms. The number of halogens is 15. The zero-order chi connectivity index (χ0) is 20.5. The van der Waals surface area contributed by atoms with E-state index in [1.807, 2.05) is 0 Å². The molecule has 1 rings (SSSR count).